The maximum Gasteiger partial charge on any atom is 0.000638 e. The Labute approximate surface area is 107 Å². The van der Waals surface area contributed by atoms with Crippen molar-refractivity contribution in [3.8, 4) is 0 Å². The molecular weight excluding hydrogens is 224 g/mol. The summed E-state index contributed by atoms with van der Waals surface area (Å²) in [5.74, 6) is 0. The van der Waals surface area contributed by atoms with Crippen LogP contribution in [0.4, 0.5) is 0 Å². The molecule has 0 amide bonds. The second-order valence-electron chi connectivity index (χ2n) is 5.04. The average Bonchev–Trinajstić information content (AvgIpc) is 2.32. The number of hydrogen-bond acceptors (Lipinski definition) is 0. The maximum atomic E-state index is 3.92. The first-order valence-electron chi connectivity index (χ1n) is 5.71. The van der Waals surface area contributed by atoms with Crippen molar-refractivity contribution in [3.63, 3.8) is 0 Å². The topological polar surface area (TPSA) is 0 Å². The van der Waals surface area contributed by atoms with Gasteiger partial charge in [-0.15, -0.1) is 0 Å². The van der Waals surface area contributed by atoms with Crippen LogP contribution >= 0.6 is 10.0 Å². The van der Waals surface area contributed by atoms with Crippen molar-refractivity contribution in [2.24, 2.45) is 0 Å². The van der Waals surface area contributed by atoms with E-state index >= 15 is 0 Å². The van der Waals surface area contributed by atoms with Crippen molar-refractivity contribution in [1.29, 1.82) is 0 Å². The normalized spacial score (nSPS) is 12.9. The highest BCUT2D eigenvalue weighted by atomic mass is 32.3. The van der Waals surface area contributed by atoms with Crippen LogP contribution in [0.15, 0.2) is 65.1 Å². The molecular formula is C16H22S. The minimum Gasteiger partial charge on any atom is -0.155 e. The van der Waals surface area contributed by atoms with E-state index in [2.05, 4.69) is 64.8 Å². The van der Waals surface area contributed by atoms with Gasteiger partial charge < -0.3 is 0 Å². The lowest BCUT2D eigenvalue weighted by atomic mass is 9.87. The third-order valence-corrected chi connectivity index (χ3v) is 5.70. The van der Waals surface area contributed by atoms with Crippen LogP contribution in [0.1, 0.15) is 26.3 Å². The van der Waals surface area contributed by atoms with Crippen LogP contribution in [0.5, 0.6) is 0 Å². The Morgan fingerprint density at radius 2 is 1.29 bits per heavy atom. The highest BCUT2D eigenvalue weighted by Gasteiger charge is 2.17. The molecule has 0 aliphatic heterocycles. The molecule has 0 N–H and O–H groups in total. The Kier molecular flexibility index (Phi) is 4.05. The van der Waals surface area contributed by atoms with Crippen molar-refractivity contribution in [1.82, 2.24) is 0 Å². The van der Waals surface area contributed by atoms with Gasteiger partial charge in [-0.05, 0) is 39.3 Å². The molecule has 1 rings (SSSR count). The van der Waals surface area contributed by atoms with Gasteiger partial charge in [0.1, 0.15) is 0 Å². The molecule has 0 spiro atoms. The van der Waals surface area contributed by atoms with Crippen LogP contribution in [0.2, 0.25) is 0 Å². The van der Waals surface area contributed by atoms with E-state index in [0.29, 0.717) is 0 Å². The van der Waals surface area contributed by atoms with Crippen LogP contribution in [0.3, 0.4) is 0 Å². The lowest BCUT2D eigenvalue weighted by Crippen LogP contribution is -2.10. The van der Waals surface area contributed by atoms with Gasteiger partial charge >= 0.3 is 0 Å². The van der Waals surface area contributed by atoms with Crippen LogP contribution in [-0.4, -0.2) is 0 Å². The molecule has 1 aromatic rings. The van der Waals surface area contributed by atoms with Crippen LogP contribution in [-0.2, 0) is 5.41 Å². The monoisotopic (exact) mass is 246 g/mol. The fourth-order valence-corrected chi connectivity index (χ4v) is 3.28. The highest BCUT2D eigenvalue weighted by Crippen LogP contribution is 2.58. The Morgan fingerprint density at radius 1 is 0.882 bits per heavy atom. The van der Waals surface area contributed by atoms with Crippen molar-refractivity contribution < 1.29 is 0 Å². The number of hydrogen-bond donors (Lipinski definition) is 0. The molecule has 0 nitrogen and oxygen atoms in total. The molecule has 17 heavy (non-hydrogen) atoms. The average molecular weight is 246 g/mol. The molecule has 0 aliphatic rings. The van der Waals surface area contributed by atoms with E-state index < -0.39 is 10.0 Å². The predicted molar refractivity (Wildman–Crippen MR) is 81.6 cm³/mol. The summed E-state index contributed by atoms with van der Waals surface area (Å²) < 4.78 is 0. The van der Waals surface area contributed by atoms with Crippen LogP contribution in [0.25, 0.3) is 0 Å². The molecule has 0 saturated carbocycles. The maximum absolute atomic E-state index is 3.92. The van der Waals surface area contributed by atoms with Gasteiger partial charge in [0.15, 0.2) is 0 Å². The van der Waals surface area contributed by atoms with Gasteiger partial charge in [0.05, 0.1) is 0 Å². The van der Waals surface area contributed by atoms with Crippen molar-refractivity contribution in [2.75, 3.05) is 0 Å². The zero-order valence-corrected chi connectivity index (χ0v) is 11.9. The van der Waals surface area contributed by atoms with Gasteiger partial charge in [0.25, 0.3) is 0 Å². The van der Waals surface area contributed by atoms with Crippen molar-refractivity contribution in [3.05, 3.63) is 65.8 Å². The van der Waals surface area contributed by atoms with E-state index in [9.17, 15) is 0 Å². The second kappa shape index (κ2) is 4.97. The van der Waals surface area contributed by atoms with E-state index in [0.717, 1.165) is 0 Å². The first kappa shape index (κ1) is 13.9. The summed E-state index contributed by atoms with van der Waals surface area (Å²) in [6.07, 6.45) is 0. The van der Waals surface area contributed by atoms with Gasteiger partial charge in [0.2, 0.25) is 0 Å². The standard InChI is InChI=1S/C16H22S/c1-7-17(8-2,9-3)15-12-10-14(11-13-15)16(4,5)6/h7-13H,1-3H2,4-6H3. The molecule has 0 saturated heterocycles. The minimum absolute atomic E-state index is 0.188. The third-order valence-electron chi connectivity index (χ3n) is 2.96. The van der Waals surface area contributed by atoms with Gasteiger partial charge in [0, 0.05) is 4.90 Å². The van der Waals surface area contributed by atoms with Gasteiger partial charge in [-0.3, -0.25) is 0 Å². The molecule has 92 valence electrons. The van der Waals surface area contributed by atoms with E-state index in [-0.39, 0.29) is 5.41 Å². The van der Waals surface area contributed by atoms with Crippen molar-refractivity contribution in [2.45, 2.75) is 31.1 Å². The smallest absolute Gasteiger partial charge is 0.000638 e. The van der Waals surface area contributed by atoms with E-state index in [4.69, 9.17) is 0 Å². The quantitative estimate of drug-likeness (QED) is 0.650. The Hall–Kier alpha value is -1.21. The molecule has 0 fully saturated rings. The van der Waals surface area contributed by atoms with E-state index in [1.807, 2.05) is 16.2 Å². The Bertz CT molecular complexity index is 396. The Morgan fingerprint density at radius 3 is 1.59 bits per heavy atom. The highest BCUT2D eigenvalue weighted by molar-refractivity contribution is 8.40. The molecule has 1 aromatic carbocycles. The van der Waals surface area contributed by atoms with Gasteiger partial charge in [-0.2, -0.15) is 10.0 Å². The molecule has 0 bridgehead atoms. The van der Waals surface area contributed by atoms with Gasteiger partial charge in [-0.1, -0.05) is 52.6 Å². The summed E-state index contributed by atoms with van der Waals surface area (Å²) >= 11 is 0. The number of rotatable bonds is 4. The van der Waals surface area contributed by atoms with Crippen LogP contribution in [0, 0.1) is 0 Å². The molecule has 0 heterocycles. The summed E-state index contributed by atoms with van der Waals surface area (Å²) in [6.45, 7) is 18.4. The summed E-state index contributed by atoms with van der Waals surface area (Å²) in [5, 5.41) is 5.87. The first-order valence-corrected chi connectivity index (χ1v) is 7.53. The number of benzene rings is 1. The largest absolute Gasteiger partial charge is 0.155 e. The summed E-state index contributed by atoms with van der Waals surface area (Å²) in [6, 6.07) is 8.71. The van der Waals surface area contributed by atoms with E-state index in [1.54, 1.807) is 0 Å². The molecule has 0 atom stereocenters. The third kappa shape index (κ3) is 2.73. The fourth-order valence-electron chi connectivity index (χ4n) is 1.68. The lowest BCUT2D eigenvalue weighted by molar-refractivity contribution is 0.590. The summed E-state index contributed by atoms with van der Waals surface area (Å²) in [5.41, 5.74) is 1.53. The summed E-state index contributed by atoms with van der Waals surface area (Å²) in [7, 11) is -1.26. The minimum atomic E-state index is -1.26. The molecule has 0 unspecified atom stereocenters. The SMILES string of the molecule is C=CS(C=C)(C=C)c1ccc(C(C)(C)C)cc1. The molecule has 1 heteroatoms. The Balaban J connectivity index is 3.22. The van der Waals surface area contributed by atoms with Crippen molar-refractivity contribution >= 4 is 10.0 Å². The summed E-state index contributed by atoms with van der Waals surface area (Å²) in [4.78, 5) is 1.24. The van der Waals surface area contributed by atoms with Crippen LogP contribution < -0.4 is 0 Å². The molecule has 0 aromatic heterocycles. The fraction of sp³-hybridized carbons (Fsp3) is 0.250. The lowest BCUT2D eigenvalue weighted by Gasteiger charge is -2.30. The predicted octanol–water partition coefficient (Wildman–Crippen LogP) is 5.58. The zero-order chi connectivity index (χ0) is 13.1. The second-order valence-corrected chi connectivity index (χ2v) is 8.03. The molecule has 0 aliphatic carbocycles. The molecule has 0 radical (unpaired) electrons. The zero-order valence-electron chi connectivity index (χ0n) is 11.1. The van der Waals surface area contributed by atoms with E-state index in [1.165, 1.54) is 10.5 Å². The van der Waals surface area contributed by atoms with Gasteiger partial charge in [-0.25, -0.2) is 0 Å². The first-order chi connectivity index (χ1) is 7.89.